The highest BCUT2D eigenvalue weighted by atomic mass is 79.9. The molecular formula is C15H16BrNO. The minimum absolute atomic E-state index is 0.131. The molecule has 18 heavy (non-hydrogen) atoms. The van der Waals surface area contributed by atoms with Crippen LogP contribution >= 0.6 is 15.9 Å². The lowest BCUT2D eigenvalue weighted by Gasteiger charge is -2.26. The normalized spacial score (nSPS) is 17.4. The molecule has 1 aliphatic rings. The van der Waals surface area contributed by atoms with Gasteiger partial charge in [-0.05, 0) is 51.9 Å². The molecule has 94 valence electrons. The van der Waals surface area contributed by atoms with Crippen LogP contribution in [0.3, 0.4) is 0 Å². The standard InChI is InChI=1S/C15H16BrNO/c16-15-13(8-9-18-15)14(17)12-6-4-11(5-7-12)10-2-1-3-10/h4-10,14H,1-3,17H2. The lowest BCUT2D eigenvalue weighted by molar-refractivity contribution is 0.419. The summed E-state index contributed by atoms with van der Waals surface area (Å²) in [5, 5.41) is 0. The van der Waals surface area contributed by atoms with Gasteiger partial charge in [-0.2, -0.15) is 0 Å². The van der Waals surface area contributed by atoms with Gasteiger partial charge in [-0.3, -0.25) is 0 Å². The van der Waals surface area contributed by atoms with Gasteiger partial charge in [0.05, 0.1) is 12.3 Å². The number of hydrogen-bond acceptors (Lipinski definition) is 2. The predicted molar refractivity (Wildman–Crippen MR) is 75.5 cm³/mol. The van der Waals surface area contributed by atoms with E-state index in [1.54, 1.807) is 6.26 Å². The summed E-state index contributed by atoms with van der Waals surface area (Å²) < 4.78 is 5.95. The number of rotatable bonds is 3. The van der Waals surface area contributed by atoms with Crippen molar-refractivity contribution >= 4 is 15.9 Å². The molecule has 0 aliphatic heterocycles. The molecule has 0 spiro atoms. The summed E-state index contributed by atoms with van der Waals surface area (Å²) in [6.07, 6.45) is 5.69. The smallest absolute Gasteiger partial charge is 0.174 e. The first-order valence-corrected chi connectivity index (χ1v) is 7.13. The SMILES string of the molecule is NC(c1ccc(C2CCC2)cc1)c1ccoc1Br. The average Bonchev–Trinajstić information content (AvgIpc) is 2.73. The Morgan fingerprint density at radius 1 is 1.17 bits per heavy atom. The molecule has 0 amide bonds. The number of benzene rings is 1. The highest BCUT2D eigenvalue weighted by Crippen LogP contribution is 2.37. The maximum Gasteiger partial charge on any atom is 0.174 e. The lowest BCUT2D eigenvalue weighted by Crippen LogP contribution is -2.12. The summed E-state index contributed by atoms with van der Waals surface area (Å²) in [4.78, 5) is 0. The quantitative estimate of drug-likeness (QED) is 0.915. The van der Waals surface area contributed by atoms with E-state index in [2.05, 4.69) is 40.2 Å². The molecule has 0 bridgehead atoms. The van der Waals surface area contributed by atoms with Gasteiger partial charge in [0.1, 0.15) is 0 Å². The zero-order chi connectivity index (χ0) is 12.5. The minimum atomic E-state index is -0.131. The van der Waals surface area contributed by atoms with Crippen LogP contribution in [-0.2, 0) is 0 Å². The lowest BCUT2D eigenvalue weighted by atomic mass is 9.80. The van der Waals surface area contributed by atoms with E-state index in [1.165, 1.54) is 24.8 Å². The largest absolute Gasteiger partial charge is 0.457 e. The topological polar surface area (TPSA) is 39.2 Å². The molecule has 1 atom stereocenters. The minimum Gasteiger partial charge on any atom is -0.457 e. The molecule has 1 saturated carbocycles. The van der Waals surface area contributed by atoms with E-state index in [-0.39, 0.29) is 6.04 Å². The summed E-state index contributed by atoms with van der Waals surface area (Å²) in [7, 11) is 0. The van der Waals surface area contributed by atoms with Crippen LogP contribution in [-0.4, -0.2) is 0 Å². The first-order valence-electron chi connectivity index (χ1n) is 6.34. The summed E-state index contributed by atoms with van der Waals surface area (Å²) in [6.45, 7) is 0. The van der Waals surface area contributed by atoms with Crippen LogP contribution in [0.15, 0.2) is 45.7 Å². The molecule has 2 aromatic rings. The second-order valence-electron chi connectivity index (χ2n) is 4.92. The van der Waals surface area contributed by atoms with Crippen molar-refractivity contribution in [2.75, 3.05) is 0 Å². The van der Waals surface area contributed by atoms with Gasteiger partial charge in [0.25, 0.3) is 0 Å². The second kappa shape index (κ2) is 4.90. The first-order chi connectivity index (χ1) is 8.75. The van der Waals surface area contributed by atoms with Crippen molar-refractivity contribution in [3.63, 3.8) is 0 Å². The van der Waals surface area contributed by atoms with E-state index in [0.29, 0.717) is 0 Å². The van der Waals surface area contributed by atoms with Gasteiger partial charge in [0.2, 0.25) is 0 Å². The summed E-state index contributed by atoms with van der Waals surface area (Å²) in [5.74, 6) is 0.774. The molecule has 0 radical (unpaired) electrons. The Morgan fingerprint density at radius 3 is 2.39 bits per heavy atom. The maximum atomic E-state index is 6.24. The highest BCUT2D eigenvalue weighted by Gasteiger charge is 2.20. The predicted octanol–water partition coefficient (Wildman–Crippen LogP) is 4.36. The fraction of sp³-hybridized carbons (Fsp3) is 0.333. The van der Waals surface area contributed by atoms with Gasteiger partial charge < -0.3 is 10.2 Å². The molecule has 1 aromatic carbocycles. The van der Waals surface area contributed by atoms with Crippen molar-refractivity contribution in [3.8, 4) is 0 Å². The fourth-order valence-corrected chi connectivity index (χ4v) is 2.91. The van der Waals surface area contributed by atoms with Crippen LogP contribution in [0.1, 0.15) is 47.9 Å². The van der Waals surface area contributed by atoms with E-state index in [9.17, 15) is 0 Å². The van der Waals surface area contributed by atoms with E-state index in [0.717, 1.165) is 21.7 Å². The number of halogens is 1. The summed E-state index contributed by atoms with van der Waals surface area (Å²) >= 11 is 3.38. The second-order valence-corrected chi connectivity index (χ2v) is 5.64. The van der Waals surface area contributed by atoms with Crippen LogP contribution < -0.4 is 5.73 Å². The molecule has 0 saturated heterocycles. The zero-order valence-corrected chi connectivity index (χ0v) is 11.7. The fourth-order valence-electron chi connectivity index (χ4n) is 2.42. The Hall–Kier alpha value is -1.06. The van der Waals surface area contributed by atoms with Gasteiger partial charge in [-0.25, -0.2) is 0 Å². The van der Waals surface area contributed by atoms with Gasteiger partial charge >= 0.3 is 0 Å². The van der Waals surface area contributed by atoms with Crippen LogP contribution in [0.25, 0.3) is 0 Å². The Bertz CT molecular complexity index is 528. The maximum absolute atomic E-state index is 6.24. The molecule has 3 rings (SSSR count). The number of furan rings is 1. The van der Waals surface area contributed by atoms with Crippen LogP contribution in [0.2, 0.25) is 0 Å². The average molecular weight is 306 g/mol. The molecule has 1 heterocycles. The Labute approximate surface area is 115 Å². The summed E-state index contributed by atoms with van der Waals surface area (Å²) in [6, 6.07) is 10.5. The first kappa shape index (κ1) is 12.0. The van der Waals surface area contributed by atoms with Crippen molar-refractivity contribution in [1.29, 1.82) is 0 Å². The van der Waals surface area contributed by atoms with Crippen molar-refractivity contribution in [1.82, 2.24) is 0 Å². The van der Waals surface area contributed by atoms with E-state index in [1.807, 2.05) is 6.07 Å². The van der Waals surface area contributed by atoms with E-state index in [4.69, 9.17) is 10.2 Å². The third-order valence-corrected chi connectivity index (χ3v) is 4.50. The third-order valence-electron chi connectivity index (χ3n) is 3.85. The zero-order valence-electron chi connectivity index (χ0n) is 10.1. The third kappa shape index (κ3) is 2.13. The van der Waals surface area contributed by atoms with Gasteiger partial charge in [0.15, 0.2) is 4.67 Å². The van der Waals surface area contributed by atoms with Gasteiger partial charge in [-0.15, -0.1) is 0 Å². The molecule has 1 fully saturated rings. The van der Waals surface area contributed by atoms with Crippen molar-refractivity contribution in [3.05, 3.63) is 58.0 Å². The number of hydrogen-bond donors (Lipinski definition) is 1. The van der Waals surface area contributed by atoms with Crippen LogP contribution in [0, 0.1) is 0 Å². The van der Waals surface area contributed by atoms with Gasteiger partial charge in [0, 0.05) is 5.56 Å². The Kier molecular flexibility index (Phi) is 3.27. The van der Waals surface area contributed by atoms with Crippen molar-refractivity contribution < 1.29 is 4.42 Å². The van der Waals surface area contributed by atoms with Crippen molar-refractivity contribution in [2.24, 2.45) is 5.73 Å². The van der Waals surface area contributed by atoms with Crippen LogP contribution in [0.5, 0.6) is 0 Å². The molecule has 1 aliphatic carbocycles. The van der Waals surface area contributed by atoms with Crippen LogP contribution in [0.4, 0.5) is 0 Å². The Morgan fingerprint density at radius 2 is 1.89 bits per heavy atom. The van der Waals surface area contributed by atoms with E-state index < -0.39 is 0 Å². The summed E-state index contributed by atoms with van der Waals surface area (Å²) in [5.41, 5.74) is 9.81. The molecular weight excluding hydrogens is 290 g/mol. The monoisotopic (exact) mass is 305 g/mol. The molecule has 3 heteroatoms. The molecule has 2 N–H and O–H groups in total. The van der Waals surface area contributed by atoms with Crippen molar-refractivity contribution in [2.45, 2.75) is 31.2 Å². The van der Waals surface area contributed by atoms with Gasteiger partial charge in [-0.1, -0.05) is 30.7 Å². The molecule has 1 aromatic heterocycles. The highest BCUT2D eigenvalue weighted by molar-refractivity contribution is 9.10. The number of nitrogens with two attached hydrogens (primary N) is 1. The van der Waals surface area contributed by atoms with E-state index >= 15 is 0 Å². The Balaban J connectivity index is 1.82. The molecule has 1 unspecified atom stereocenters. The molecule has 2 nitrogen and oxygen atoms in total.